The van der Waals surface area contributed by atoms with Crippen molar-refractivity contribution >= 4 is 0 Å². The molecule has 0 radical (unpaired) electrons. The van der Waals surface area contributed by atoms with Crippen LogP contribution in [0.1, 0.15) is 29.7 Å². The highest BCUT2D eigenvalue weighted by Gasteiger charge is 2.39. The van der Waals surface area contributed by atoms with Gasteiger partial charge in [-0.3, -0.25) is 0 Å². The molecule has 0 aliphatic heterocycles. The summed E-state index contributed by atoms with van der Waals surface area (Å²) in [7, 11) is 0. The Morgan fingerprint density at radius 2 is 2.00 bits per heavy atom. The van der Waals surface area contributed by atoms with Crippen LogP contribution in [0.3, 0.4) is 0 Å². The maximum Gasteiger partial charge on any atom is 0.129 e. The Hall–Kier alpha value is -1.61. The summed E-state index contributed by atoms with van der Waals surface area (Å²) in [5, 5.41) is 10.8. The SMILES string of the molecule is OC1(c2ccccc2F)CCCc2occc21. The Labute approximate surface area is 98.7 Å². The molecule has 1 aromatic heterocycles. The van der Waals surface area contributed by atoms with E-state index >= 15 is 0 Å². The monoisotopic (exact) mass is 232 g/mol. The maximum atomic E-state index is 13.8. The molecular weight excluding hydrogens is 219 g/mol. The van der Waals surface area contributed by atoms with Crippen LogP contribution < -0.4 is 0 Å². The van der Waals surface area contributed by atoms with Gasteiger partial charge in [0.15, 0.2) is 0 Å². The zero-order valence-corrected chi connectivity index (χ0v) is 9.32. The zero-order valence-electron chi connectivity index (χ0n) is 9.32. The molecule has 1 aliphatic carbocycles. The second-order valence-electron chi connectivity index (χ2n) is 4.45. The van der Waals surface area contributed by atoms with Crippen molar-refractivity contribution in [1.82, 2.24) is 0 Å². The highest BCUT2D eigenvalue weighted by molar-refractivity contribution is 5.39. The van der Waals surface area contributed by atoms with Crippen molar-refractivity contribution in [2.24, 2.45) is 0 Å². The van der Waals surface area contributed by atoms with Gasteiger partial charge in [0, 0.05) is 17.5 Å². The Morgan fingerprint density at radius 1 is 1.18 bits per heavy atom. The van der Waals surface area contributed by atoms with Gasteiger partial charge in [0.25, 0.3) is 0 Å². The first-order chi connectivity index (χ1) is 8.22. The summed E-state index contributed by atoms with van der Waals surface area (Å²) in [6.45, 7) is 0. The summed E-state index contributed by atoms with van der Waals surface area (Å²) in [4.78, 5) is 0. The Kier molecular flexibility index (Phi) is 2.30. The third-order valence-electron chi connectivity index (χ3n) is 3.45. The third-order valence-corrected chi connectivity index (χ3v) is 3.45. The molecule has 1 atom stereocenters. The van der Waals surface area contributed by atoms with Gasteiger partial charge >= 0.3 is 0 Å². The minimum atomic E-state index is -1.24. The van der Waals surface area contributed by atoms with E-state index in [1.54, 1.807) is 30.5 Å². The van der Waals surface area contributed by atoms with Gasteiger partial charge in [-0.2, -0.15) is 0 Å². The van der Waals surface area contributed by atoms with E-state index in [1.165, 1.54) is 6.07 Å². The van der Waals surface area contributed by atoms with Crippen LogP contribution in [0.4, 0.5) is 4.39 Å². The fourth-order valence-corrected chi connectivity index (χ4v) is 2.62. The van der Waals surface area contributed by atoms with E-state index in [0.717, 1.165) is 18.6 Å². The smallest absolute Gasteiger partial charge is 0.129 e. The summed E-state index contributed by atoms with van der Waals surface area (Å²) in [5.74, 6) is 0.394. The van der Waals surface area contributed by atoms with Gasteiger partial charge in [-0.05, 0) is 25.0 Å². The van der Waals surface area contributed by atoms with E-state index in [-0.39, 0.29) is 5.82 Å². The largest absolute Gasteiger partial charge is 0.469 e. The predicted molar refractivity (Wildman–Crippen MR) is 61.0 cm³/mol. The highest BCUT2D eigenvalue weighted by Crippen LogP contribution is 2.41. The molecular formula is C14H13FO2. The first kappa shape index (κ1) is 10.5. The molecule has 0 saturated heterocycles. The average molecular weight is 232 g/mol. The molecule has 1 aliphatic rings. The molecule has 0 fully saturated rings. The zero-order chi connectivity index (χ0) is 11.9. The second-order valence-corrected chi connectivity index (χ2v) is 4.45. The average Bonchev–Trinajstić information content (AvgIpc) is 2.79. The van der Waals surface area contributed by atoms with Crippen molar-refractivity contribution in [1.29, 1.82) is 0 Å². The van der Waals surface area contributed by atoms with Gasteiger partial charge in [0.2, 0.25) is 0 Å². The lowest BCUT2D eigenvalue weighted by molar-refractivity contribution is 0.0553. The van der Waals surface area contributed by atoms with E-state index in [9.17, 15) is 9.50 Å². The summed E-state index contributed by atoms with van der Waals surface area (Å²) in [6, 6.07) is 8.12. The van der Waals surface area contributed by atoms with E-state index in [4.69, 9.17) is 4.42 Å². The number of aryl methyl sites for hydroxylation is 1. The Balaban J connectivity index is 2.18. The van der Waals surface area contributed by atoms with Crippen LogP contribution in [0, 0.1) is 5.82 Å². The third kappa shape index (κ3) is 1.50. The fourth-order valence-electron chi connectivity index (χ4n) is 2.62. The van der Waals surface area contributed by atoms with Crippen LogP contribution >= 0.6 is 0 Å². The predicted octanol–water partition coefficient (Wildman–Crippen LogP) is 2.99. The van der Waals surface area contributed by atoms with Crippen LogP contribution in [-0.4, -0.2) is 5.11 Å². The number of fused-ring (bicyclic) bond motifs is 1. The number of benzene rings is 1. The van der Waals surface area contributed by atoms with Crippen molar-refractivity contribution < 1.29 is 13.9 Å². The minimum absolute atomic E-state index is 0.336. The number of hydrogen-bond donors (Lipinski definition) is 1. The van der Waals surface area contributed by atoms with Crippen molar-refractivity contribution in [2.75, 3.05) is 0 Å². The number of rotatable bonds is 1. The van der Waals surface area contributed by atoms with Gasteiger partial charge in [0.1, 0.15) is 17.2 Å². The molecule has 0 spiro atoms. The summed E-state index contributed by atoms with van der Waals surface area (Å²) in [6.07, 6.45) is 3.69. The summed E-state index contributed by atoms with van der Waals surface area (Å²) < 4.78 is 19.2. The van der Waals surface area contributed by atoms with Crippen molar-refractivity contribution in [3.05, 3.63) is 59.3 Å². The standard InChI is InChI=1S/C14H13FO2/c15-12-5-2-1-4-10(12)14(16)8-3-6-13-11(14)7-9-17-13/h1-2,4-5,7,9,16H,3,6,8H2. The van der Waals surface area contributed by atoms with Gasteiger partial charge < -0.3 is 9.52 Å². The molecule has 1 aromatic carbocycles. The van der Waals surface area contributed by atoms with Crippen LogP contribution in [-0.2, 0) is 12.0 Å². The van der Waals surface area contributed by atoms with Gasteiger partial charge in [-0.15, -0.1) is 0 Å². The van der Waals surface area contributed by atoms with Crippen molar-refractivity contribution in [2.45, 2.75) is 24.9 Å². The normalized spacial score (nSPS) is 23.4. The van der Waals surface area contributed by atoms with Crippen LogP contribution in [0.2, 0.25) is 0 Å². The number of furan rings is 1. The first-order valence-electron chi connectivity index (χ1n) is 5.76. The van der Waals surface area contributed by atoms with Crippen molar-refractivity contribution in [3.8, 4) is 0 Å². The summed E-state index contributed by atoms with van der Waals surface area (Å²) >= 11 is 0. The highest BCUT2D eigenvalue weighted by atomic mass is 19.1. The molecule has 3 heteroatoms. The molecule has 3 rings (SSSR count). The molecule has 88 valence electrons. The number of halogens is 1. The lowest BCUT2D eigenvalue weighted by atomic mass is 9.78. The number of aliphatic hydroxyl groups is 1. The lowest BCUT2D eigenvalue weighted by Crippen LogP contribution is -2.32. The fraction of sp³-hybridized carbons (Fsp3) is 0.286. The van der Waals surface area contributed by atoms with E-state index in [2.05, 4.69) is 0 Å². The molecule has 1 unspecified atom stereocenters. The molecule has 1 heterocycles. The molecule has 0 saturated carbocycles. The van der Waals surface area contributed by atoms with Gasteiger partial charge in [-0.25, -0.2) is 4.39 Å². The van der Waals surface area contributed by atoms with Crippen LogP contribution in [0.25, 0.3) is 0 Å². The quantitative estimate of drug-likeness (QED) is 0.820. The minimum Gasteiger partial charge on any atom is -0.469 e. The summed E-state index contributed by atoms with van der Waals surface area (Å²) in [5.41, 5.74) is -0.206. The molecule has 0 bridgehead atoms. The molecule has 2 aromatic rings. The molecule has 1 N–H and O–H groups in total. The Morgan fingerprint density at radius 3 is 2.82 bits per heavy atom. The first-order valence-corrected chi connectivity index (χ1v) is 5.76. The van der Waals surface area contributed by atoms with Gasteiger partial charge in [-0.1, -0.05) is 18.2 Å². The maximum absolute atomic E-state index is 13.8. The van der Waals surface area contributed by atoms with Crippen LogP contribution in [0.15, 0.2) is 41.0 Å². The molecule has 2 nitrogen and oxygen atoms in total. The topological polar surface area (TPSA) is 33.4 Å². The number of hydrogen-bond acceptors (Lipinski definition) is 2. The van der Waals surface area contributed by atoms with E-state index < -0.39 is 5.60 Å². The van der Waals surface area contributed by atoms with E-state index in [0.29, 0.717) is 17.5 Å². The van der Waals surface area contributed by atoms with Crippen LogP contribution in [0.5, 0.6) is 0 Å². The Bertz CT molecular complexity index is 547. The van der Waals surface area contributed by atoms with Crippen molar-refractivity contribution in [3.63, 3.8) is 0 Å². The van der Waals surface area contributed by atoms with Gasteiger partial charge in [0.05, 0.1) is 6.26 Å². The molecule has 0 amide bonds. The molecule has 17 heavy (non-hydrogen) atoms. The second kappa shape index (κ2) is 3.70. The van der Waals surface area contributed by atoms with E-state index in [1.807, 2.05) is 0 Å². The lowest BCUT2D eigenvalue weighted by Gasteiger charge is -2.32.